The Morgan fingerprint density at radius 2 is 1.87 bits per heavy atom. The second kappa shape index (κ2) is 5.01. The Bertz CT molecular complexity index is 429. The van der Waals surface area contributed by atoms with Gasteiger partial charge in [0.25, 0.3) is 0 Å². The molecule has 1 N–H and O–H groups in total. The molecule has 0 aliphatic rings. The third kappa shape index (κ3) is 2.41. The molecule has 0 amide bonds. The minimum atomic E-state index is 0. The van der Waals surface area contributed by atoms with E-state index in [2.05, 4.69) is 50.2 Å². The van der Waals surface area contributed by atoms with Crippen molar-refractivity contribution in [3.63, 3.8) is 0 Å². The zero-order valence-corrected chi connectivity index (χ0v) is 10.4. The maximum Gasteiger partial charge on any atom is 0.0456 e. The van der Waals surface area contributed by atoms with Crippen molar-refractivity contribution in [3.8, 4) is 0 Å². The van der Waals surface area contributed by atoms with E-state index in [0.717, 1.165) is 0 Å². The predicted molar refractivity (Wildman–Crippen MR) is 70.6 cm³/mol. The number of hydrogen-bond donors (Lipinski definition) is 1. The lowest BCUT2D eigenvalue weighted by Crippen LogP contribution is -1.85. The van der Waals surface area contributed by atoms with Crippen molar-refractivity contribution < 1.29 is 1.43 Å². The summed E-state index contributed by atoms with van der Waals surface area (Å²) in [6, 6.07) is 6.65. The van der Waals surface area contributed by atoms with Gasteiger partial charge in [-0.05, 0) is 36.1 Å². The molecule has 0 saturated heterocycles. The van der Waals surface area contributed by atoms with Gasteiger partial charge in [0, 0.05) is 18.5 Å². The van der Waals surface area contributed by atoms with Crippen LogP contribution in [-0.2, 0) is 0 Å². The molecule has 1 heteroatoms. The molecule has 0 aliphatic heterocycles. The molecule has 0 fully saturated rings. The number of aryl methyl sites for hydroxylation is 1. The van der Waals surface area contributed by atoms with Crippen LogP contribution in [0.4, 0.5) is 0 Å². The molecule has 0 aliphatic carbocycles. The molecule has 1 nitrogen and oxygen atoms in total. The lowest BCUT2D eigenvalue weighted by Gasteiger charge is -2.04. The van der Waals surface area contributed by atoms with Gasteiger partial charge in [-0.25, -0.2) is 0 Å². The maximum atomic E-state index is 3.25. The summed E-state index contributed by atoms with van der Waals surface area (Å²) in [5.41, 5.74) is 3.98. The summed E-state index contributed by atoms with van der Waals surface area (Å²) in [4.78, 5) is 3.25. The van der Waals surface area contributed by atoms with E-state index in [1.54, 1.807) is 0 Å². The van der Waals surface area contributed by atoms with Gasteiger partial charge in [-0.1, -0.05) is 33.8 Å². The highest BCUT2D eigenvalue weighted by Gasteiger charge is 2.03. The Morgan fingerprint density at radius 1 is 1.20 bits per heavy atom. The molecule has 2 rings (SSSR count). The van der Waals surface area contributed by atoms with Crippen LogP contribution in [0.3, 0.4) is 0 Å². The van der Waals surface area contributed by atoms with Crippen LogP contribution >= 0.6 is 0 Å². The van der Waals surface area contributed by atoms with Gasteiger partial charge >= 0.3 is 0 Å². The quantitative estimate of drug-likeness (QED) is 0.683. The van der Waals surface area contributed by atoms with Gasteiger partial charge in [0.05, 0.1) is 0 Å². The first-order valence-corrected chi connectivity index (χ1v) is 5.76. The fourth-order valence-electron chi connectivity index (χ4n) is 1.64. The van der Waals surface area contributed by atoms with Crippen LogP contribution in [0.25, 0.3) is 10.9 Å². The van der Waals surface area contributed by atoms with Gasteiger partial charge in [0.15, 0.2) is 0 Å². The van der Waals surface area contributed by atoms with Gasteiger partial charge in [-0.15, -0.1) is 0 Å². The number of aromatic amines is 1. The SMILES string of the molecule is CC.Cc1c[nH]c2ccc(C(C)C)cc12.[HH]. The van der Waals surface area contributed by atoms with E-state index in [9.17, 15) is 0 Å². The normalized spacial score (nSPS) is 10.3. The monoisotopic (exact) mass is 205 g/mol. The largest absolute Gasteiger partial charge is 0.361 e. The smallest absolute Gasteiger partial charge is 0.0456 e. The van der Waals surface area contributed by atoms with E-state index < -0.39 is 0 Å². The molecule has 0 atom stereocenters. The van der Waals surface area contributed by atoms with E-state index in [1.165, 1.54) is 22.0 Å². The van der Waals surface area contributed by atoms with E-state index in [1.807, 2.05) is 13.8 Å². The van der Waals surface area contributed by atoms with Crippen molar-refractivity contribution in [2.75, 3.05) is 0 Å². The zero-order chi connectivity index (χ0) is 11.4. The number of nitrogens with one attached hydrogen (secondary N) is 1. The van der Waals surface area contributed by atoms with Crippen LogP contribution in [0.15, 0.2) is 24.4 Å². The minimum Gasteiger partial charge on any atom is -0.361 e. The van der Waals surface area contributed by atoms with E-state index in [4.69, 9.17) is 0 Å². The van der Waals surface area contributed by atoms with Crippen molar-refractivity contribution in [2.24, 2.45) is 0 Å². The summed E-state index contributed by atoms with van der Waals surface area (Å²) in [6.07, 6.45) is 2.06. The van der Waals surface area contributed by atoms with E-state index >= 15 is 0 Å². The summed E-state index contributed by atoms with van der Waals surface area (Å²) in [5.74, 6) is 0.610. The highest BCUT2D eigenvalue weighted by atomic mass is 14.7. The van der Waals surface area contributed by atoms with Crippen molar-refractivity contribution >= 4 is 10.9 Å². The Morgan fingerprint density at radius 3 is 2.47 bits per heavy atom. The molecule has 15 heavy (non-hydrogen) atoms. The van der Waals surface area contributed by atoms with Crippen LogP contribution in [0.1, 0.15) is 46.2 Å². The van der Waals surface area contributed by atoms with Crippen LogP contribution < -0.4 is 0 Å². The van der Waals surface area contributed by atoms with E-state index in [0.29, 0.717) is 5.92 Å². The second-order valence-electron chi connectivity index (χ2n) is 3.93. The lowest BCUT2D eigenvalue weighted by molar-refractivity contribution is 0.868. The molecule has 0 spiro atoms. The number of hydrogen-bond acceptors (Lipinski definition) is 0. The van der Waals surface area contributed by atoms with Crippen LogP contribution in [0, 0.1) is 6.92 Å². The van der Waals surface area contributed by atoms with Gasteiger partial charge < -0.3 is 4.98 Å². The molecule has 0 bridgehead atoms. The highest BCUT2D eigenvalue weighted by Crippen LogP contribution is 2.22. The van der Waals surface area contributed by atoms with Crippen LogP contribution in [0.2, 0.25) is 0 Å². The molecule has 1 heterocycles. The molecule has 0 radical (unpaired) electrons. The topological polar surface area (TPSA) is 15.8 Å². The molecule has 0 unspecified atom stereocenters. The van der Waals surface area contributed by atoms with E-state index in [-0.39, 0.29) is 1.43 Å². The summed E-state index contributed by atoms with van der Waals surface area (Å²) in [5, 5.41) is 1.35. The fourth-order valence-corrected chi connectivity index (χ4v) is 1.64. The van der Waals surface area contributed by atoms with Gasteiger partial charge in [-0.2, -0.15) is 0 Å². The summed E-state index contributed by atoms with van der Waals surface area (Å²) < 4.78 is 0. The summed E-state index contributed by atoms with van der Waals surface area (Å²) in [7, 11) is 0. The summed E-state index contributed by atoms with van der Waals surface area (Å²) >= 11 is 0. The fraction of sp³-hybridized carbons (Fsp3) is 0.429. The molecule has 2 aromatic rings. The van der Waals surface area contributed by atoms with Crippen molar-refractivity contribution in [1.82, 2.24) is 4.98 Å². The average molecular weight is 205 g/mol. The first kappa shape index (κ1) is 11.8. The Kier molecular flexibility index (Phi) is 3.96. The lowest BCUT2D eigenvalue weighted by atomic mass is 10.0. The van der Waals surface area contributed by atoms with Crippen molar-refractivity contribution in [1.29, 1.82) is 0 Å². The number of aromatic nitrogens is 1. The Labute approximate surface area is 94.0 Å². The highest BCUT2D eigenvalue weighted by molar-refractivity contribution is 5.83. The van der Waals surface area contributed by atoms with Gasteiger partial charge in [0.2, 0.25) is 0 Å². The first-order valence-electron chi connectivity index (χ1n) is 5.76. The third-order valence-corrected chi connectivity index (χ3v) is 2.58. The first-order chi connectivity index (χ1) is 7.18. The average Bonchev–Trinajstić information content (AvgIpc) is 2.63. The molecule has 1 aromatic heterocycles. The van der Waals surface area contributed by atoms with Gasteiger partial charge in [0.1, 0.15) is 0 Å². The van der Waals surface area contributed by atoms with Crippen LogP contribution in [-0.4, -0.2) is 4.98 Å². The van der Waals surface area contributed by atoms with Crippen molar-refractivity contribution in [3.05, 3.63) is 35.5 Å². The summed E-state index contributed by atoms with van der Waals surface area (Å²) in [6.45, 7) is 10.6. The number of H-pyrrole nitrogens is 1. The number of rotatable bonds is 1. The van der Waals surface area contributed by atoms with Crippen LogP contribution in [0.5, 0.6) is 0 Å². The molecular weight excluding hydrogens is 182 g/mol. The Hall–Kier alpha value is -1.24. The number of fused-ring (bicyclic) bond motifs is 1. The molecule has 0 saturated carbocycles. The predicted octanol–water partition coefficient (Wildman–Crippen LogP) is 4.87. The molecular formula is C14H23N. The minimum absolute atomic E-state index is 0. The zero-order valence-electron chi connectivity index (χ0n) is 10.4. The molecule has 84 valence electrons. The van der Waals surface area contributed by atoms with Crippen molar-refractivity contribution in [2.45, 2.75) is 40.5 Å². The maximum absolute atomic E-state index is 3.25. The third-order valence-electron chi connectivity index (χ3n) is 2.58. The van der Waals surface area contributed by atoms with Gasteiger partial charge in [-0.3, -0.25) is 0 Å². The molecule has 1 aromatic carbocycles. The standard InChI is InChI=1S/C12H15N.C2H6.H2/c1-8(2)10-4-5-12-11(6-10)9(3)7-13-12;1-2;/h4-8,13H,1-3H3;1-2H3;1H. The Balaban J connectivity index is 0.000000711. The number of benzene rings is 1. The second-order valence-corrected chi connectivity index (χ2v) is 3.93.